The normalized spacial score (nSPS) is 11.4. The third-order valence-corrected chi connectivity index (χ3v) is 2.47. The molecule has 0 radical (unpaired) electrons. The predicted molar refractivity (Wildman–Crippen MR) is 82.0 cm³/mol. The number of nitrogens with zero attached hydrogens (tertiary/aromatic N) is 2. The summed E-state index contributed by atoms with van der Waals surface area (Å²) < 4.78 is 1.38. The summed E-state index contributed by atoms with van der Waals surface area (Å²) >= 11 is 0. The Hall–Kier alpha value is -2.80. The van der Waals surface area contributed by atoms with Crippen LogP contribution in [0.5, 0.6) is 0 Å². The fraction of sp³-hybridized carbons (Fsp3) is 0.125. The largest absolute Gasteiger partial charge is 0.399 e. The first-order chi connectivity index (χ1) is 9.58. The molecule has 20 heavy (non-hydrogen) atoms. The van der Waals surface area contributed by atoms with Gasteiger partial charge in [-0.2, -0.15) is 5.10 Å². The summed E-state index contributed by atoms with van der Waals surface area (Å²) in [5.74, 6) is 5.91. The standard InChI is InChI=1S/C16H18N4/c1-4-14(10-11-15(17)5-2)9-8-13(3)20-16(18)7-6-12-19-20/h5-7,10-12,18H,2-4,17H2,1H3/b14-10+,15-11+,18-16?. The molecule has 0 saturated heterocycles. The maximum absolute atomic E-state index is 7.71. The Morgan fingerprint density at radius 2 is 2.25 bits per heavy atom. The molecule has 4 nitrogen and oxygen atoms in total. The number of rotatable bonds is 4. The minimum absolute atomic E-state index is 0.240. The number of nitrogens with one attached hydrogen (secondary N) is 1. The molecule has 0 aliphatic rings. The van der Waals surface area contributed by atoms with Gasteiger partial charge in [-0.3, -0.25) is 5.41 Å². The van der Waals surface area contributed by atoms with Gasteiger partial charge in [0, 0.05) is 17.5 Å². The molecule has 1 aromatic rings. The summed E-state index contributed by atoms with van der Waals surface area (Å²) in [6.45, 7) is 9.41. The van der Waals surface area contributed by atoms with Crippen LogP contribution in [0.1, 0.15) is 13.3 Å². The Morgan fingerprint density at radius 1 is 1.50 bits per heavy atom. The predicted octanol–water partition coefficient (Wildman–Crippen LogP) is 2.20. The molecule has 0 aliphatic heterocycles. The van der Waals surface area contributed by atoms with Crippen LogP contribution in [0, 0.1) is 17.3 Å². The molecule has 3 N–H and O–H groups in total. The van der Waals surface area contributed by atoms with Gasteiger partial charge in [0.15, 0.2) is 0 Å². The van der Waals surface area contributed by atoms with E-state index in [9.17, 15) is 0 Å². The zero-order chi connectivity index (χ0) is 15.0. The Bertz CT molecular complexity index is 678. The molecular formula is C16H18N4. The maximum Gasteiger partial charge on any atom is 0.147 e. The summed E-state index contributed by atoms with van der Waals surface area (Å²) in [7, 11) is 0. The molecule has 0 bridgehead atoms. The summed E-state index contributed by atoms with van der Waals surface area (Å²) in [6, 6.07) is 3.32. The van der Waals surface area contributed by atoms with E-state index >= 15 is 0 Å². The highest BCUT2D eigenvalue weighted by molar-refractivity contribution is 5.62. The zero-order valence-electron chi connectivity index (χ0n) is 11.6. The van der Waals surface area contributed by atoms with Gasteiger partial charge in [-0.05, 0) is 42.7 Å². The maximum atomic E-state index is 7.71. The molecule has 1 aromatic heterocycles. The summed E-state index contributed by atoms with van der Waals surface area (Å²) in [4.78, 5) is 0. The number of allylic oxidation sites excluding steroid dienone is 5. The van der Waals surface area contributed by atoms with Gasteiger partial charge in [0.1, 0.15) is 11.2 Å². The summed E-state index contributed by atoms with van der Waals surface area (Å²) in [6.07, 6.45) is 7.55. The van der Waals surface area contributed by atoms with Gasteiger partial charge in [-0.25, -0.2) is 4.68 Å². The van der Waals surface area contributed by atoms with Crippen LogP contribution in [0.25, 0.3) is 5.70 Å². The quantitative estimate of drug-likeness (QED) is 0.648. The third kappa shape index (κ3) is 4.46. The van der Waals surface area contributed by atoms with E-state index in [0.717, 1.165) is 12.0 Å². The third-order valence-electron chi connectivity index (χ3n) is 2.47. The monoisotopic (exact) mass is 266 g/mol. The lowest BCUT2D eigenvalue weighted by Gasteiger charge is -2.01. The van der Waals surface area contributed by atoms with E-state index in [2.05, 4.69) is 30.1 Å². The van der Waals surface area contributed by atoms with Gasteiger partial charge < -0.3 is 5.73 Å². The van der Waals surface area contributed by atoms with Crippen molar-refractivity contribution in [2.45, 2.75) is 13.3 Å². The molecule has 0 aliphatic carbocycles. The van der Waals surface area contributed by atoms with Crippen LogP contribution in [0.15, 0.2) is 61.0 Å². The van der Waals surface area contributed by atoms with Crippen LogP contribution in [0.3, 0.4) is 0 Å². The lowest BCUT2D eigenvalue weighted by molar-refractivity contribution is 0.800. The smallest absolute Gasteiger partial charge is 0.147 e. The molecule has 0 fully saturated rings. The highest BCUT2D eigenvalue weighted by Crippen LogP contribution is 2.01. The molecular weight excluding hydrogens is 248 g/mol. The van der Waals surface area contributed by atoms with Crippen LogP contribution < -0.4 is 11.2 Å². The second kappa shape index (κ2) is 7.59. The Labute approximate surface area is 119 Å². The van der Waals surface area contributed by atoms with Gasteiger partial charge in [-0.1, -0.05) is 26.0 Å². The molecule has 0 atom stereocenters. The lowest BCUT2D eigenvalue weighted by Crippen LogP contribution is -2.19. The highest BCUT2D eigenvalue weighted by atomic mass is 15.3. The SMILES string of the molecule is C=C/C(N)=C\C=C(\C#CC(=C)n1ncccc1=N)CC. The number of hydrogen-bond donors (Lipinski definition) is 2. The van der Waals surface area contributed by atoms with E-state index < -0.39 is 0 Å². The number of aromatic nitrogens is 2. The summed E-state index contributed by atoms with van der Waals surface area (Å²) in [5, 5.41) is 11.7. The first-order valence-electron chi connectivity index (χ1n) is 6.17. The van der Waals surface area contributed by atoms with Crippen molar-refractivity contribution >= 4 is 5.70 Å². The van der Waals surface area contributed by atoms with Crippen molar-refractivity contribution in [1.82, 2.24) is 9.78 Å². The van der Waals surface area contributed by atoms with Crippen molar-refractivity contribution in [3.63, 3.8) is 0 Å². The van der Waals surface area contributed by atoms with Gasteiger partial charge in [0.2, 0.25) is 0 Å². The summed E-state index contributed by atoms with van der Waals surface area (Å²) in [5.41, 5.74) is 7.83. The van der Waals surface area contributed by atoms with Crippen LogP contribution in [0.2, 0.25) is 0 Å². The van der Waals surface area contributed by atoms with Gasteiger partial charge in [-0.15, -0.1) is 0 Å². The van der Waals surface area contributed by atoms with E-state index in [4.69, 9.17) is 11.1 Å². The van der Waals surface area contributed by atoms with E-state index in [-0.39, 0.29) is 5.49 Å². The van der Waals surface area contributed by atoms with Crippen LogP contribution >= 0.6 is 0 Å². The fourth-order valence-electron chi connectivity index (χ4n) is 1.31. The molecule has 1 heterocycles. The van der Waals surface area contributed by atoms with Crippen LogP contribution in [-0.4, -0.2) is 9.78 Å². The van der Waals surface area contributed by atoms with Crippen molar-refractivity contribution in [2.24, 2.45) is 5.73 Å². The van der Waals surface area contributed by atoms with Gasteiger partial charge in [0.05, 0.1) is 0 Å². The second-order valence-electron chi connectivity index (χ2n) is 3.93. The van der Waals surface area contributed by atoms with Crippen molar-refractivity contribution in [1.29, 1.82) is 5.41 Å². The molecule has 4 heteroatoms. The first-order valence-corrected chi connectivity index (χ1v) is 6.17. The Morgan fingerprint density at radius 3 is 2.85 bits per heavy atom. The van der Waals surface area contributed by atoms with Gasteiger partial charge in [0.25, 0.3) is 0 Å². The molecule has 102 valence electrons. The number of nitrogens with two attached hydrogens (primary N) is 1. The molecule has 0 saturated carbocycles. The van der Waals surface area contributed by atoms with E-state index in [1.54, 1.807) is 30.5 Å². The van der Waals surface area contributed by atoms with E-state index in [1.807, 2.05) is 13.0 Å². The minimum Gasteiger partial charge on any atom is -0.399 e. The average molecular weight is 266 g/mol. The average Bonchev–Trinajstić information content (AvgIpc) is 2.47. The number of hydrogen-bond acceptors (Lipinski definition) is 3. The molecule has 0 aromatic carbocycles. The second-order valence-corrected chi connectivity index (χ2v) is 3.93. The molecule has 0 amide bonds. The van der Waals surface area contributed by atoms with Crippen molar-refractivity contribution in [2.75, 3.05) is 0 Å². The van der Waals surface area contributed by atoms with Crippen molar-refractivity contribution in [3.8, 4) is 11.8 Å². The van der Waals surface area contributed by atoms with Crippen molar-refractivity contribution < 1.29 is 0 Å². The first kappa shape index (κ1) is 15.3. The zero-order valence-corrected chi connectivity index (χ0v) is 11.6. The highest BCUT2D eigenvalue weighted by Gasteiger charge is 1.94. The Kier molecular flexibility index (Phi) is 5.79. The fourth-order valence-corrected chi connectivity index (χ4v) is 1.31. The van der Waals surface area contributed by atoms with Crippen molar-refractivity contribution in [3.05, 3.63) is 66.5 Å². The van der Waals surface area contributed by atoms with Crippen LogP contribution in [0.4, 0.5) is 0 Å². The van der Waals surface area contributed by atoms with Crippen LogP contribution in [-0.2, 0) is 0 Å². The van der Waals surface area contributed by atoms with Gasteiger partial charge >= 0.3 is 0 Å². The van der Waals surface area contributed by atoms with E-state index in [0.29, 0.717) is 11.4 Å². The molecule has 1 rings (SSSR count). The minimum atomic E-state index is 0.240. The molecule has 0 unspecified atom stereocenters. The van der Waals surface area contributed by atoms with E-state index in [1.165, 1.54) is 4.68 Å². The Balaban J connectivity index is 2.98. The topological polar surface area (TPSA) is 67.7 Å². The molecule has 0 spiro atoms. The lowest BCUT2D eigenvalue weighted by atomic mass is 10.2.